The fourth-order valence-electron chi connectivity index (χ4n) is 1.91. The van der Waals surface area contributed by atoms with Gasteiger partial charge in [-0.2, -0.15) is 5.26 Å². The molecule has 1 aromatic carbocycles. The van der Waals surface area contributed by atoms with E-state index in [-0.39, 0.29) is 0 Å². The highest BCUT2D eigenvalue weighted by Crippen LogP contribution is 2.16. The van der Waals surface area contributed by atoms with Crippen LogP contribution in [0.5, 0.6) is 0 Å². The van der Waals surface area contributed by atoms with Crippen LogP contribution in [-0.2, 0) is 7.05 Å². The number of rotatable bonds is 2. The number of nitrogens with zero attached hydrogens (tertiary/aromatic N) is 3. The largest absolute Gasteiger partial charge is 0.387 e. The Hall–Kier alpha value is -2.74. The Morgan fingerprint density at radius 2 is 1.95 bits per heavy atom. The minimum atomic E-state index is 0.477. The molecule has 0 bridgehead atoms. The molecular weight excluding hydrogens is 250 g/mol. The molecule has 5 nitrogen and oxygen atoms in total. The number of nitrogen functional groups attached to an aromatic ring is 1. The van der Waals surface area contributed by atoms with Gasteiger partial charge in [-0.25, -0.2) is 4.99 Å². The number of nitrogens with one attached hydrogen (secondary N) is 1. The summed E-state index contributed by atoms with van der Waals surface area (Å²) in [5, 5.41) is 12.3. The molecule has 3 N–H and O–H groups in total. The molecule has 20 heavy (non-hydrogen) atoms. The molecule has 0 unspecified atom stereocenters. The molecule has 2 rings (SSSR count). The van der Waals surface area contributed by atoms with Gasteiger partial charge < -0.3 is 15.6 Å². The molecule has 102 valence electrons. The first-order chi connectivity index (χ1) is 9.56. The monoisotopic (exact) mass is 267 g/mol. The first-order valence-corrected chi connectivity index (χ1v) is 6.25. The Morgan fingerprint density at radius 3 is 2.50 bits per heavy atom. The lowest BCUT2D eigenvalue weighted by molar-refractivity contribution is 0.844. The molecule has 0 fully saturated rings. The summed E-state index contributed by atoms with van der Waals surface area (Å²) in [5.74, 6) is 0.541. The Morgan fingerprint density at radius 1 is 1.30 bits per heavy atom. The van der Waals surface area contributed by atoms with E-state index in [9.17, 15) is 5.26 Å². The van der Waals surface area contributed by atoms with E-state index in [0.717, 1.165) is 11.3 Å². The maximum atomic E-state index is 9.36. The molecule has 1 aromatic heterocycles. The van der Waals surface area contributed by atoms with E-state index in [0.29, 0.717) is 22.6 Å². The second-order valence-electron chi connectivity index (χ2n) is 4.55. The van der Waals surface area contributed by atoms with Crippen LogP contribution in [0.2, 0.25) is 0 Å². The van der Waals surface area contributed by atoms with Crippen molar-refractivity contribution in [2.45, 2.75) is 6.92 Å². The average molecular weight is 267 g/mol. The molecule has 0 saturated heterocycles. The summed E-state index contributed by atoms with van der Waals surface area (Å²) in [4.78, 5) is 4.54. The van der Waals surface area contributed by atoms with Crippen LogP contribution >= 0.6 is 0 Å². The molecule has 2 aromatic rings. The highest BCUT2D eigenvalue weighted by Gasteiger charge is 2.08. The van der Waals surface area contributed by atoms with E-state index in [1.807, 2.05) is 31.2 Å². The topological polar surface area (TPSA) is 79.1 Å². The van der Waals surface area contributed by atoms with Crippen LogP contribution in [0.25, 0.3) is 0 Å². The number of aromatic nitrogens is 1. The minimum absolute atomic E-state index is 0.477. The van der Waals surface area contributed by atoms with Gasteiger partial charge >= 0.3 is 0 Å². The summed E-state index contributed by atoms with van der Waals surface area (Å²) in [6.45, 7) is 2.02. The van der Waals surface area contributed by atoms with Gasteiger partial charge in [-0.05, 0) is 19.1 Å². The van der Waals surface area contributed by atoms with Crippen molar-refractivity contribution in [1.82, 2.24) is 4.57 Å². The predicted molar refractivity (Wildman–Crippen MR) is 80.5 cm³/mol. The number of nitriles is 1. The molecule has 5 heteroatoms. The lowest BCUT2D eigenvalue weighted by Gasteiger charge is -2.11. The molecular formula is C15H17N5. The number of nitrogens with two attached hydrogens (primary N) is 1. The van der Waals surface area contributed by atoms with E-state index in [4.69, 9.17) is 5.73 Å². The van der Waals surface area contributed by atoms with Crippen LogP contribution in [-0.4, -0.2) is 11.6 Å². The molecule has 1 heterocycles. The van der Waals surface area contributed by atoms with Gasteiger partial charge in [0.05, 0.1) is 11.4 Å². The molecule has 0 aliphatic heterocycles. The summed E-state index contributed by atoms with van der Waals surface area (Å²) in [7, 11) is 3.55. The second-order valence-corrected chi connectivity index (χ2v) is 4.55. The highest BCUT2D eigenvalue weighted by molar-refractivity contribution is 5.61. The molecule has 0 amide bonds. The summed E-state index contributed by atoms with van der Waals surface area (Å²) >= 11 is 0. The summed E-state index contributed by atoms with van der Waals surface area (Å²) in [5.41, 5.74) is 9.60. The smallest absolute Gasteiger partial charge is 0.154 e. The van der Waals surface area contributed by atoms with Crippen LogP contribution in [0.15, 0.2) is 35.3 Å². The van der Waals surface area contributed by atoms with Crippen molar-refractivity contribution in [3.63, 3.8) is 0 Å². The fourth-order valence-corrected chi connectivity index (χ4v) is 1.91. The summed E-state index contributed by atoms with van der Waals surface area (Å²) < 4.78 is 1.71. The van der Waals surface area contributed by atoms with Crippen LogP contribution in [0, 0.1) is 18.3 Å². The van der Waals surface area contributed by atoms with Crippen LogP contribution in [0.1, 0.15) is 11.1 Å². The molecule has 0 aliphatic rings. The predicted octanol–water partition coefficient (Wildman–Crippen LogP) is 2.06. The van der Waals surface area contributed by atoms with Crippen molar-refractivity contribution in [1.29, 1.82) is 5.26 Å². The number of hydrogen-bond donors (Lipinski definition) is 2. The van der Waals surface area contributed by atoms with Gasteiger partial charge in [-0.1, -0.05) is 17.7 Å². The minimum Gasteiger partial charge on any atom is -0.387 e. The third-order valence-electron chi connectivity index (χ3n) is 3.14. The molecule has 0 radical (unpaired) electrons. The van der Waals surface area contributed by atoms with Crippen molar-refractivity contribution >= 4 is 17.2 Å². The van der Waals surface area contributed by atoms with E-state index in [1.54, 1.807) is 24.7 Å². The Labute approximate surface area is 118 Å². The highest BCUT2D eigenvalue weighted by atomic mass is 15.1. The first-order valence-electron chi connectivity index (χ1n) is 6.25. The maximum absolute atomic E-state index is 9.36. The van der Waals surface area contributed by atoms with Crippen LogP contribution < -0.4 is 16.5 Å². The van der Waals surface area contributed by atoms with E-state index in [2.05, 4.69) is 16.4 Å². The first kappa shape index (κ1) is 13.7. The molecule has 0 aliphatic carbocycles. The van der Waals surface area contributed by atoms with Crippen LogP contribution in [0.4, 0.5) is 17.2 Å². The summed E-state index contributed by atoms with van der Waals surface area (Å²) in [6.07, 6.45) is 0. The van der Waals surface area contributed by atoms with Crippen molar-refractivity contribution < 1.29 is 0 Å². The van der Waals surface area contributed by atoms with E-state index in [1.165, 1.54) is 0 Å². The van der Waals surface area contributed by atoms with E-state index < -0.39 is 0 Å². The van der Waals surface area contributed by atoms with Gasteiger partial charge in [0.1, 0.15) is 17.5 Å². The van der Waals surface area contributed by atoms with Crippen molar-refractivity contribution in [2.75, 3.05) is 18.1 Å². The lowest BCUT2D eigenvalue weighted by atomic mass is 10.2. The zero-order chi connectivity index (χ0) is 14.7. The Bertz CT molecular complexity index is 733. The number of pyridine rings is 1. The van der Waals surface area contributed by atoms with Crippen molar-refractivity contribution in [3.8, 4) is 6.07 Å². The Kier molecular flexibility index (Phi) is 3.76. The zero-order valence-electron chi connectivity index (χ0n) is 11.8. The van der Waals surface area contributed by atoms with Crippen molar-refractivity contribution in [3.05, 3.63) is 46.9 Å². The number of hydrogen-bond acceptors (Lipinski definition) is 4. The second kappa shape index (κ2) is 5.49. The molecule has 0 saturated carbocycles. The quantitative estimate of drug-likeness (QED) is 0.874. The summed E-state index contributed by atoms with van der Waals surface area (Å²) in [6, 6.07) is 11.7. The normalized spacial score (nSPS) is 11.2. The molecule has 0 spiro atoms. The molecule has 0 atom stereocenters. The third kappa shape index (κ3) is 2.50. The average Bonchev–Trinajstić information content (AvgIpc) is 2.45. The van der Waals surface area contributed by atoms with Crippen molar-refractivity contribution in [2.24, 2.45) is 12.0 Å². The van der Waals surface area contributed by atoms with Crippen LogP contribution in [0.3, 0.4) is 0 Å². The SMILES string of the molecule is CNc1cc(N)n(C)/c(=N\c2ccc(C)cc2)c1C#N. The van der Waals surface area contributed by atoms with Gasteiger partial charge in [0.2, 0.25) is 0 Å². The Balaban J connectivity index is 2.75. The van der Waals surface area contributed by atoms with Gasteiger partial charge in [0, 0.05) is 20.2 Å². The lowest BCUT2D eigenvalue weighted by Crippen LogP contribution is -2.25. The van der Waals surface area contributed by atoms with Gasteiger partial charge in [-0.3, -0.25) is 0 Å². The van der Waals surface area contributed by atoms with Gasteiger partial charge in [-0.15, -0.1) is 0 Å². The standard InChI is InChI=1S/C15H17N5/c1-10-4-6-11(7-5-10)19-15-12(9-16)13(18-2)8-14(17)20(15)3/h4-8,18H,17H2,1-3H3/b19-15-. The van der Waals surface area contributed by atoms with Gasteiger partial charge in [0.25, 0.3) is 0 Å². The fraction of sp³-hybridized carbons (Fsp3) is 0.200. The van der Waals surface area contributed by atoms with E-state index >= 15 is 0 Å². The number of anilines is 2. The maximum Gasteiger partial charge on any atom is 0.154 e. The number of benzene rings is 1. The third-order valence-corrected chi connectivity index (χ3v) is 3.14. The van der Waals surface area contributed by atoms with Gasteiger partial charge in [0.15, 0.2) is 5.49 Å². The number of aryl methyl sites for hydroxylation is 1. The zero-order valence-corrected chi connectivity index (χ0v) is 11.8.